The summed E-state index contributed by atoms with van der Waals surface area (Å²) in [6.45, 7) is -0.156. The Hall–Kier alpha value is -0.530. The van der Waals surface area contributed by atoms with Gasteiger partial charge in [0.2, 0.25) is 0 Å². The molecule has 3 heterocycles. The maximum Gasteiger partial charge on any atom is 0.134 e. The molecule has 1 fully saturated rings. The van der Waals surface area contributed by atoms with Crippen LogP contribution in [-0.4, -0.2) is 40.2 Å². The highest BCUT2D eigenvalue weighted by Gasteiger charge is 2.39. The van der Waals surface area contributed by atoms with Crippen molar-refractivity contribution < 1.29 is 14.9 Å². The molecular weight excluding hydrogens is 270 g/mol. The molecule has 4 atom stereocenters. The van der Waals surface area contributed by atoms with E-state index in [4.69, 9.17) is 9.84 Å². The lowest BCUT2D eigenvalue weighted by Crippen LogP contribution is -2.33. The van der Waals surface area contributed by atoms with Crippen molar-refractivity contribution in [3.8, 4) is 0 Å². The second-order valence-corrected chi connectivity index (χ2v) is 5.93. The fourth-order valence-corrected chi connectivity index (χ4v) is 3.81. The molecule has 2 N–H and O–H groups in total. The minimum absolute atomic E-state index is 0.0559. The SMILES string of the molecule is OC[C@H]1O[C@@H](N2C=Cc3ccsc3C2S)CC1O. The monoisotopic (exact) mass is 285 g/mol. The van der Waals surface area contributed by atoms with Gasteiger partial charge in [-0.2, -0.15) is 0 Å². The molecule has 2 aliphatic heterocycles. The number of ether oxygens (including phenoxy) is 1. The van der Waals surface area contributed by atoms with Crippen LogP contribution in [0.5, 0.6) is 0 Å². The fraction of sp³-hybridized carbons (Fsp3) is 0.500. The van der Waals surface area contributed by atoms with Crippen LogP contribution in [0.25, 0.3) is 6.08 Å². The van der Waals surface area contributed by atoms with Gasteiger partial charge in [-0.25, -0.2) is 0 Å². The van der Waals surface area contributed by atoms with E-state index < -0.39 is 12.2 Å². The van der Waals surface area contributed by atoms with Crippen molar-refractivity contribution in [2.45, 2.75) is 30.2 Å². The zero-order valence-electron chi connectivity index (χ0n) is 9.64. The van der Waals surface area contributed by atoms with Crippen molar-refractivity contribution in [3.63, 3.8) is 0 Å². The average Bonchev–Trinajstić information content (AvgIpc) is 2.96. The van der Waals surface area contributed by atoms with Crippen LogP contribution in [0, 0.1) is 0 Å². The van der Waals surface area contributed by atoms with Crippen LogP contribution in [0.1, 0.15) is 22.2 Å². The number of thiophene rings is 1. The second-order valence-electron chi connectivity index (χ2n) is 4.49. The highest BCUT2D eigenvalue weighted by molar-refractivity contribution is 7.80. The van der Waals surface area contributed by atoms with E-state index in [1.165, 1.54) is 10.4 Å². The number of thiol groups is 1. The zero-order valence-corrected chi connectivity index (χ0v) is 11.3. The molecule has 0 amide bonds. The van der Waals surface area contributed by atoms with Crippen LogP contribution in [0.3, 0.4) is 0 Å². The van der Waals surface area contributed by atoms with Gasteiger partial charge in [0, 0.05) is 17.5 Å². The van der Waals surface area contributed by atoms with E-state index >= 15 is 0 Å². The minimum atomic E-state index is -0.612. The number of hydrogen-bond donors (Lipinski definition) is 3. The lowest BCUT2D eigenvalue weighted by molar-refractivity contribution is -0.0669. The van der Waals surface area contributed by atoms with E-state index in [1.54, 1.807) is 11.3 Å². The summed E-state index contributed by atoms with van der Waals surface area (Å²) in [4.78, 5) is 3.17. The Balaban J connectivity index is 1.79. The predicted octanol–water partition coefficient (Wildman–Crippen LogP) is 1.43. The maximum absolute atomic E-state index is 9.77. The van der Waals surface area contributed by atoms with Gasteiger partial charge in [0.05, 0.1) is 12.7 Å². The Bertz CT molecular complexity index is 462. The van der Waals surface area contributed by atoms with E-state index in [1.807, 2.05) is 22.6 Å². The summed E-state index contributed by atoms with van der Waals surface area (Å²) < 4.78 is 5.65. The number of fused-ring (bicyclic) bond motifs is 1. The highest BCUT2D eigenvalue weighted by Crippen LogP contribution is 2.40. The number of nitrogens with zero attached hydrogens (tertiary/aromatic N) is 1. The normalized spacial score (nSPS) is 34.9. The molecule has 1 aromatic heterocycles. The summed E-state index contributed by atoms with van der Waals surface area (Å²) in [5.74, 6) is 0. The molecule has 1 saturated heterocycles. The predicted molar refractivity (Wildman–Crippen MR) is 73.3 cm³/mol. The number of rotatable bonds is 2. The molecule has 0 bridgehead atoms. The third kappa shape index (κ3) is 1.98. The first-order chi connectivity index (χ1) is 8.70. The van der Waals surface area contributed by atoms with E-state index in [0.29, 0.717) is 6.42 Å². The van der Waals surface area contributed by atoms with E-state index in [0.717, 1.165) is 0 Å². The molecule has 6 heteroatoms. The number of aliphatic hydroxyl groups is 2. The lowest BCUT2D eigenvalue weighted by Gasteiger charge is -2.34. The third-order valence-electron chi connectivity index (χ3n) is 3.39. The van der Waals surface area contributed by atoms with Crippen molar-refractivity contribution in [1.82, 2.24) is 4.90 Å². The van der Waals surface area contributed by atoms with Crippen LogP contribution < -0.4 is 0 Å². The van der Waals surface area contributed by atoms with Gasteiger partial charge in [-0.3, -0.25) is 0 Å². The van der Waals surface area contributed by atoms with Crippen molar-refractivity contribution >= 4 is 30.0 Å². The fourth-order valence-electron chi connectivity index (χ4n) is 2.38. The average molecular weight is 285 g/mol. The van der Waals surface area contributed by atoms with Gasteiger partial charge in [-0.05, 0) is 23.1 Å². The summed E-state index contributed by atoms with van der Waals surface area (Å²) in [5.41, 5.74) is 1.19. The van der Waals surface area contributed by atoms with Crippen molar-refractivity contribution in [1.29, 1.82) is 0 Å². The Morgan fingerprint density at radius 1 is 1.56 bits per heavy atom. The molecular formula is C12H15NO3S2. The summed E-state index contributed by atoms with van der Waals surface area (Å²) in [5, 5.41) is 20.9. The van der Waals surface area contributed by atoms with Crippen LogP contribution in [-0.2, 0) is 4.74 Å². The molecule has 2 aliphatic rings. The summed E-state index contributed by atoms with van der Waals surface area (Å²) in [7, 11) is 0. The van der Waals surface area contributed by atoms with Gasteiger partial charge in [0.15, 0.2) is 0 Å². The number of hydrogen-bond acceptors (Lipinski definition) is 6. The zero-order chi connectivity index (χ0) is 12.7. The molecule has 18 heavy (non-hydrogen) atoms. The van der Waals surface area contributed by atoms with Crippen LogP contribution in [0.15, 0.2) is 17.6 Å². The Kier molecular flexibility index (Phi) is 3.38. The van der Waals surface area contributed by atoms with Crippen molar-refractivity contribution in [2.75, 3.05) is 6.61 Å². The third-order valence-corrected chi connectivity index (χ3v) is 5.07. The largest absolute Gasteiger partial charge is 0.394 e. The van der Waals surface area contributed by atoms with Crippen molar-refractivity contribution in [2.24, 2.45) is 0 Å². The first kappa shape index (κ1) is 12.5. The molecule has 4 nitrogen and oxygen atoms in total. The number of aliphatic hydroxyl groups excluding tert-OH is 2. The Morgan fingerprint density at radius 2 is 2.39 bits per heavy atom. The molecule has 0 aliphatic carbocycles. The summed E-state index contributed by atoms with van der Waals surface area (Å²) >= 11 is 6.29. The first-order valence-corrected chi connectivity index (χ1v) is 7.26. The van der Waals surface area contributed by atoms with Gasteiger partial charge >= 0.3 is 0 Å². The second kappa shape index (κ2) is 4.86. The first-order valence-electron chi connectivity index (χ1n) is 5.86. The maximum atomic E-state index is 9.77. The van der Waals surface area contributed by atoms with E-state index in [9.17, 15) is 5.11 Å². The van der Waals surface area contributed by atoms with Gasteiger partial charge in [0.1, 0.15) is 17.7 Å². The highest BCUT2D eigenvalue weighted by atomic mass is 32.1. The van der Waals surface area contributed by atoms with Gasteiger partial charge in [-0.15, -0.1) is 24.0 Å². The summed E-state index contributed by atoms with van der Waals surface area (Å²) in [6, 6.07) is 2.07. The molecule has 1 aromatic rings. The van der Waals surface area contributed by atoms with Crippen LogP contribution >= 0.6 is 24.0 Å². The molecule has 0 saturated carbocycles. The van der Waals surface area contributed by atoms with Gasteiger partial charge < -0.3 is 19.8 Å². The molecule has 0 radical (unpaired) electrons. The molecule has 3 rings (SSSR count). The topological polar surface area (TPSA) is 52.9 Å². The van der Waals surface area contributed by atoms with E-state index in [2.05, 4.69) is 18.7 Å². The standard InChI is InChI=1S/C12H15NO3S2/c14-6-9-8(15)5-10(16-9)13-3-1-7-2-4-18-11(7)12(13)17/h1-4,8-10,12,14-15,17H,5-6H2/t8?,9-,10-,12?/m1/s1. The van der Waals surface area contributed by atoms with Gasteiger partial charge in [0.25, 0.3) is 0 Å². The molecule has 0 aromatic carbocycles. The summed E-state index contributed by atoms with van der Waals surface area (Å²) in [6.07, 6.45) is 3.14. The Morgan fingerprint density at radius 3 is 3.11 bits per heavy atom. The van der Waals surface area contributed by atoms with Crippen LogP contribution in [0.4, 0.5) is 0 Å². The molecule has 0 spiro atoms. The molecule has 2 unspecified atom stereocenters. The Labute approximate surface area is 115 Å². The van der Waals surface area contributed by atoms with Crippen molar-refractivity contribution in [3.05, 3.63) is 28.1 Å². The van der Waals surface area contributed by atoms with Crippen LogP contribution in [0.2, 0.25) is 0 Å². The quantitative estimate of drug-likeness (QED) is 0.720. The molecule has 98 valence electrons. The van der Waals surface area contributed by atoms with E-state index in [-0.39, 0.29) is 18.2 Å². The lowest BCUT2D eigenvalue weighted by atomic mass is 10.1. The van der Waals surface area contributed by atoms with Gasteiger partial charge in [-0.1, -0.05) is 0 Å². The minimum Gasteiger partial charge on any atom is -0.394 e. The smallest absolute Gasteiger partial charge is 0.134 e.